The number of methoxy groups -OCH3 is 1. The Morgan fingerprint density at radius 1 is 1.69 bits per heavy atom. The van der Waals surface area contributed by atoms with Gasteiger partial charge >= 0.3 is 0 Å². The van der Waals surface area contributed by atoms with Crippen molar-refractivity contribution in [2.24, 2.45) is 11.8 Å². The van der Waals surface area contributed by atoms with Gasteiger partial charge in [0.1, 0.15) is 0 Å². The summed E-state index contributed by atoms with van der Waals surface area (Å²) in [7, 11) is 1.75. The molecule has 0 spiro atoms. The molecule has 0 saturated heterocycles. The highest BCUT2D eigenvalue weighted by Crippen LogP contribution is 2.39. The number of hydrogen-bond acceptors (Lipinski definition) is 4. The highest BCUT2D eigenvalue weighted by atomic mass is 16.5. The Hall–Kier alpha value is -0.910. The van der Waals surface area contributed by atoms with Crippen molar-refractivity contribution in [3.8, 4) is 0 Å². The van der Waals surface area contributed by atoms with E-state index in [0.29, 0.717) is 5.92 Å². The van der Waals surface area contributed by atoms with Crippen LogP contribution in [0.4, 0.5) is 0 Å². The molecular formula is C11H20N4O. The van der Waals surface area contributed by atoms with E-state index in [-0.39, 0.29) is 12.1 Å². The largest absolute Gasteiger partial charge is 0.379 e. The van der Waals surface area contributed by atoms with Crippen LogP contribution in [0.1, 0.15) is 31.5 Å². The van der Waals surface area contributed by atoms with Crippen molar-refractivity contribution in [3.05, 3.63) is 18.0 Å². The van der Waals surface area contributed by atoms with Gasteiger partial charge in [0.25, 0.3) is 0 Å². The Morgan fingerprint density at radius 3 is 2.94 bits per heavy atom. The van der Waals surface area contributed by atoms with Gasteiger partial charge in [0.15, 0.2) is 0 Å². The van der Waals surface area contributed by atoms with Gasteiger partial charge in [0.2, 0.25) is 0 Å². The van der Waals surface area contributed by atoms with Crippen LogP contribution in [-0.4, -0.2) is 23.0 Å². The van der Waals surface area contributed by atoms with Gasteiger partial charge in [0, 0.05) is 19.9 Å². The van der Waals surface area contributed by atoms with Crippen molar-refractivity contribution in [1.82, 2.24) is 15.2 Å². The fourth-order valence-corrected chi connectivity index (χ4v) is 2.25. The number of aromatic nitrogens is 2. The van der Waals surface area contributed by atoms with Crippen LogP contribution >= 0.6 is 0 Å². The fourth-order valence-electron chi connectivity index (χ4n) is 2.25. The summed E-state index contributed by atoms with van der Waals surface area (Å²) in [5.41, 5.74) is 3.97. The monoisotopic (exact) mass is 224 g/mol. The lowest BCUT2D eigenvalue weighted by Gasteiger charge is -2.25. The number of hydrogen-bond donors (Lipinski definition) is 2. The van der Waals surface area contributed by atoms with E-state index in [1.54, 1.807) is 7.11 Å². The number of nitrogens with zero attached hydrogens (tertiary/aromatic N) is 2. The Bertz CT molecular complexity index is 334. The topological polar surface area (TPSA) is 65.1 Å². The molecule has 2 unspecified atom stereocenters. The highest BCUT2D eigenvalue weighted by Gasteiger charge is 2.38. The van der Waals surface area contributed by atoms with Crippen molar-refractivity contribution in [2.45, 2.75) is 38.5 Å². The molecule has 16 heavy (non-hydrogen) atoms. The maximum atomic E-state index is 5.66. The standard InChI is InChI=1S/C11H20N4O/c1-3-15-9(6-7-13-15)10(14-12)11(16-2)8-4-5-8/h6-8,10-11,14H,3-5,12H2,1-2H3. The van der Waals surface area contributed by atoms with Crippen molar-refractivity contribution >= 4 is 0 Å². The second-order valence-electron chi connectivity index (χ2n) is 4.25. The zero-order chi connectivity index (χ0) is 11.5. The maximum Gasteiger partial charge on any atom is 0.0892 e. The van der Waals surface area contributed by atoms with E-state index >= 15 is 0 Å². The fraction of sp³-hybridized carbons (Fsp3) is 0.727. The number of ether oxygens (including phenoxy) is 1. The average molecular weight is 224 g/mol. The SMILES string of the molecule is CCn1nccc1C(NN)C(OC)C1CC1. The Balaban J connectivity index is 2.20. The lowest BCUT2D eigenvalue weighted by Crippen LogP contribution is -2.40. The summed E-state index contributed by atoms with van der Waals surface area (Å²) in [5.74, 6) is 6.29. The molecule has 5 nitrogen and oxygen atoms in total. The van der Waals surface area contributed by atoms with Crippen molar-refractivity contribution < 1.29 is 4.74 Å². The molecule has 3 N–H and O–H groups in total. The van der Waals surface area contributed by atoms with Crippen LogP contribution in [0, 0.1) is 5.92 Å². The summed E-state index contributed by atoms with van der Waals surface area (Å²) in [6.07, 6.45) is 4.42. The number of rotatable bonds is 6. The zero-order valence-corrected chi connectivity index (χ0v) is 9.89. The summed E-state index contributed by atoms with van der Waals surface area (Å²) in [4.78, 5) is 0. The van der Waals surface area contributed by atoms with Crippen LogP contribution in [0.3, 0.4) is 0 Å². The third kappa shape index (κ3) is 2.11. The zero-order valence-electron chi connectivity index (χ0n) is 9.89. The van der Waals surface area contributed by atoms with E-state index in [2.05, 4.69) is 17.4 Å². The second-order valence-corrected chi connectivity index (χ2v) is 4.25. The molecule has 1 heterocycles. The molecule has 0 bridgehead atoms. The minimum absolute atomic E-state index is 0.0277. The molecule has 1 aromatic heterocycles. The van der Waals surface area contributed by atoms with Gasteiger partial charge in [-0.15, -0.1) is 0 Å². The quantitative estimate of drug-likeness (QED) is 0.555. The molecule has 1 aromatic rings. The van der Waals surface area contributed by atoms with Crippen LogP contribution in [0.25, 0.3) is 0 Å². The molecule has 2 atom stereocenters. The number of aryl methyl sites for hydroxylation is 1. The van der Waals surface area contributed by atoms with Crippen molar-refractivity contribution in [2.75, 3.05) is 7.11 Å². The van der Waals surface area contributed by atoms with E-state index in [1.165, 1.54) is 12.8 Å². The summed E-state index contributed by atoms with van der Waals surface area (Å²) in [6.45, 7) is 2.92. The normalized spacial score (nSPS) is 19.7. The van der Waals surface area contributed by atoms with Crippen LogP contribution in [0.5, 0.6) is 0 Å². The van der Waals surface area contributed by atoms with Crippen molar-refractivity contribution in [1.29, 1.82) is 0 Å². The van der Waals surface area contributed by atoms with Gasteiger partial charge < -0.3 is 4.74 Å². The van der Waals surface area contributed by atoms with Gasteiger partial charge in [-0.1, -0.05) is 0 Å². The number of hydrazine groups is 1. The predicted molar refractivity (Wildman–Crippen MR) is 61.5 cm³/mol. The van der Waals surface area contributed by atoms with Gasteiger partial charge in [-0.2, -0.15) is 5.10 Å². The Morgan fingerprint density at radius 2 is 2.44 bits per heavy atom. The average Bonchev–Trinajstić information content (AvgIpc) is 3.03. The Labute approximate surface area is 95.9 Å². The van der Waals surface area contributed by atoms with Gasteiger partial charge in [-0.05, 0) is 31.7 Å². The van der Waals surface area contributed by atoms with Crippen LogP contribution < -0.4 is 11.3 Å². The van der Waals surface area contributed by atoms with E-state index < -0.39 is 0 Å². The smallest absolute Gasteiger partial charge is 0.0892 e. The Kier molecular flexibility index (Phi) is 3.58. The lowest BCUT2D eigenvalue weighted by atomic mass is 10.0. The first kappa shape index (κ1) is 11.6. The molecule has 1 saturated carbocycles. The lowest BCUT2D eigenvalue weighted by molar-refractivity contribution is 0.0480. The minimum atomic E-state index is 0.0277. The molecule has 2 rings (SSSR count). The van der Waals surface area contributed by atoms with Gasteiger partial charge in [-0.3, -0.25) is 10.5 Å². The van der Waals surface area contributed by atoms with Crippen molar-refractivity contribution in [3.63, 3.8) is 0 Å². The molecule has 1 fully saturated rings. The molecule has 0 amide bonds. The first-order valence-electron chi connectivity index (χ1n) is 5.82. The van der Waals surface area contributed by atoms with E-state index in [0.717, 1.165) is 12.2 Å². The minimum Gasteiger partial charge on any atom is -0.379 e. The van der Waals surface area contributed by atoms with Crippen LogP contribution in [0.15, 0.2) is 12.3 Å². The van der Waals surface area contributed by atoms with E-state index in [4.69, 9.17) is 10.6 Å². The molecule has 1 aliphatic carbocycles. The molecule has 5 heteroatoms. The van der Waals surface area contributed by atoms with Crippen LogP contribution in [-0.2, 0) is 11.3 Å². The van der Waals surface area contributed by atoms with E-state index in [1.807, 2.05) is 16.9 Å². The molecule has 1 aliphatic rings. The first-order chi connectivity index (χ1) is 7.81. The number of nitrogens with two attached hydrogens (primary N) is 1. The third-order valence-electron chi connectivity index (χ3n) is 3.23. The molecule has 0 radical (unpaired) electrons. The molecule has 90 valence electrons. The summed E-state index contributed by atoms with van der Waals surface area (Å²) in [6, 6.07) is 2.03. The molecule has 0 aromatic carbocycles. The molecular weight excluding hydrogens is 204 g/mol. The highest BCUT2D eigenvalue weighted by molar-refractivity contribution is 5.11. The summed E-state index contributed by atoms with van der Waals surface area (Å²) >= 11 is 0. The predicted octanol–water partition coefficient (Wildman–Crippen LogP) is 0.832. The number of nitrogens with one attached hydrogen (secondary N) is 1. The van der Waals surface area contributed by atoms with Gasteiger partial charge in [-0.25, -0.2) is 5.43 Å². The second kappa shape index (κ2) is 4.95. The first-order valence-corrected chi connectivity index (χ1v) is 5.82. The summed E-state index contributed by atoms with van der Waals surface area (Å²) < 4.78 is 7.52. The third-order valence-corrected chi connectivity index (χ3v) is 3.23. The van der Waals surface area contributed by atoms with Crippen LogP contribution in [0.2, 0.25) is 0 Å². The molecule has 0 aliphatic heterocycles. The van der Waals surface area contributed by atoms with E-state index in [9.17, 15) is 0 Å². The maximum absolute atomic E-state index is 5.66. The van der Waals surface area contributed by atoms with Gasteiger partial charge in [0.05, 0.1) is 17.8 Å². The summed E-state index contributed by atoms with van der Waals surface area (Å²) in [5, 5.41) is 4.27.